The van der Waals surface area contributed by atoms with Crippen LogP contribution in [0.25, 0.3) is 0 Å². The van der Waals surface area contributed by atoms with E-state index < -0.39 is 38.5 Å². The van der Waals surface area contributed by atoms with Gasteiger partial charge in [0.2, 0.25) is 10.0 Å². The number of hydrogen-bond donors (Lipinski definition) is 1. The molecule has 1 heterocycles. The Morgan fingerprint density at radius 3 is 2.28 bits per heavy atom. The largest absolute Gasteiger partial charge is 0.435 e. The Bertz CT molecular complexity index is 842. The van der Waals surface area contributed by atoms with E-state index in [-0.39, 0.29) is 13.1 Å². The van der Waals surface area contributed by atoms with Gasteiger partial charge < -0.3 is 0 Å². The molecule has 0 aliphatic rings. The zero-order chi connectivity index (χ0) is 18.9. The summed E-state index contributed by atoms with van der Waals surface area (Å²) in [4.78, 5) is -0.598. The van der Waals surface area contributed by atoms with Crippen LogP contribution in [0.4, 0.5) is 26.3 Å². The van der Waals surface area contributed by atoms with Crippen molar-refractivity contribution in [3.8, 4) is 0 Å². The predicted molar refractivity (Wildman–Crippen MR) is 73.9 cm³/mol. The van der Waals surface area contributed by atoms with E-state index in [0.717, 1.165) is 35.1 Å². The number of nitrogens with one attached hydrogen (secondary N) is 1. The zero-order valence-electron chi connectivity index (χ0n) is 12.3. The van der Waals surface area contributed by atoms with Crippen molar-refractivity contribution in [3.05, 3.63) is 47.8 Å². The molecule has 0 fully saturated rings. The maximum absolute atomic E-state index is 12.6. The van der Waals surface area contributed by atoms with Gasteiger partial charge in [-0.3, -0.25) is 4.68 Å². The van der Waals surface area contributed by atoms with Crippen LogP contribution in [-0.2, 0) is 28.9 Å². The van der Waals surface area contributed by atoms with Crippen LogP contribution in [0.15, 0.2) is 41.4 Å². The number of sulfonamides is 1. The highest BCUT2D eigenvalue weighted by molar-refractivity contribution is 7.89. The Balaban J connectivity index is 2.04. The summed E-state index contributed by atoms with van der Waals surface area (Å²) in [5.74, 6) is 0. The lowest BCUT2D eigenvalue weighted by atomic mass is 10.2. The smallest absolute Gasteiger partial charge is 0.271 e. The van der Waals surface area contributed by atoms with Crippen molar-refractivity contribution >= 4 is 10.0 Å². The molecule has 0 aliphatic carbocycles. The summed E-state index contributed by atoms with van der Waals surface area (Å²) in [6, 6.07) is 3.84. The molecule has 0 atom stereocenters. The zero-order valence-corrected chi connectivity index (χ0v) is 13.1. The van der Waals surface area contributed by atoms with Gasteiger partial charge >= 0.3 is 12.4 Å². The van der Waals surface area contributed by atoms with E-state index in [4.69, 9.17) is 0 Å². The summed E-state index contributed by atoms with van der Waals surface area (Å²) < 4.78 is 102. The fourth-order valence-electron chi connectivity index (χ4n) is 1.85. The van der Waals surface area contributed by atoms with Crippen molar-refractivity contribution in [2.45, 2.75) is 23.8 Å². The lowest BCUT2D eigenvalue weighted by Crippen LogP contribution is -2.28. The van der Waals surface area contributed by atoms with Gasteiger partial charge in [0.15, 0.2) is 5.69 Å². The van der Waals surface area contributed by atoms with E-state index in [1.807, 2.05) is 4.72 Å². The molecule has 0 unspecified atom stereocenters. The molecular formula is C13H11F6N3O2S. The molecule has 2 aromatic rings. The molecule has 2 rings (SSSR count). The molecule has 0 saturated carbocycles. The normalized spacial score (nSPS) is 13.2. The van der Waals surface area contributed by atoms with Crippen LogP contribution >= 0.6 is 0 Å². The first kappa shape index (κ1) is 19.2. The molecular weight excluding hydrogens is 376 g/mol. The van der Waals surface area contributed by atoms with Gasteiger partial charge in [0.1, 0.15) is 0 Å². The monoisotopic (exact) mass is 387 g/mol. The highest BCUT2D eigenvalue weighted by Crippen LogP contribution is 2.30. The third-order valence-electron chi connectivity index (χ3n) is 3.04. The quantitative estimate of drug-likeness (QED) is 0.803. The maximum Gasteiger partial charge on any atom is 0.435 e. The summed E-state index contributed by atoms with van der Waals surface area (Å²) >= 11 is 0. The molecule has 12 heteroatoms. The van der Waals surface area contributed by atoms with Crippen LogP contribution in [0.5, 0.6) is 0 Å². The van der Waals surface area contributed by atoms with Crippen molar-refractivity contribution in [1.82, 2.24) is 14.5 Å². The molecule has 5 nitrogen and oxygen atoms in total. The number of rotatable bonds is 5. The Morgan fingerprint density at radius 2 is 1.72 bits per heavy atom. The second-order valence-electron chi connectivity index (χ2n) is 4.89. The molecule has 0 amide bonds. The van der Waals surface area contributed by atoms with Crippen LogP contribution in [0.2, 0.25) is 0 Å². The van der Waals surface area contributed by atoms with Crippen molar-refractivity contribution in [2.24, 2.45) is 0 Å². The molecule has 25 heavy (non-hydrogen) atoms. The standard InChI is InChI=1S/C13H11F6N3O2S/c14-12(15,16)9-2-1-3-10(8-9)25(23,24)20-5-7-22-6-4-11(21-22)13(17,18)19/h1-4,6,8,20H,5,7H2. The van der Waals surface area contributed by atoms with E-state index in [2.05, 4.69) is 5.10 Å². The summed E-state index contributed by atoms with van der Waals surface area (Å²) in [6.07, 6.45) is -8.31. The Kier molecular flexibility index (Phi) is 5.14. The first-order chi connectivity index (χ1) is 11.4. The van der Waals surface area contributed by atoms with Crippen molar-refractivity contribution in [1.29, 1.82) is 0 Å². The molecule has 1 aromatic heterocycles. The molecule has 0 bridgehead atoms. The number of benzene rings is 1. The van der Waals surface area contributed by atoms with Crippen LogP contribution in [0.3, 0.4) is 0 Å². The van der Waals surface area contributed by atoms with Gasteiger partial charge in [0, 0.05) is 12.7 Å². The molecule has 0 saturated heterocycles. The van der Waals surface area contributed by atoms with Crippen molar-refractivity contribution in [2.75, 3.05) is 6.54 Å². The van der Waals surface area contributed by atoms with E-state index >= 15 is 0 Å². The van der Waals surface area contributed by atoms with Crippen LogP contribution in [0, 0.1) is 0 Å². The number of hydrogen-bond acceptors (Lipinski definition) is 3. The Morgan fingerprint density at radius 1 is 1.04 bits per heavy atom. The highest BCUT2D eigenvalue weighted by Gasteiger charge is 2.33. The fourth-order valence-corrected chi connectivity index (χ4v) is 2.92. The third-order valence-corrected chi connectivity index (χ3v) is 4.49. The molecule has 0 spiro atoms. The second-order valence-corrected chi connectivity index (χ2v) is 6.65. The van der Waals surface area contributed by atoms with Gasteiger partial charge in [-0.15, -0.1) is 0 Å². The predicted octanol–water partition coefficient (Wildman–Crippen LogP) is 2.90. The number of halogens is 6. The summed E-state index contributed by atoms with van der Waals surface area (Å²) in [5.41, 5.74) is -2.26. The van der Waals surface area contributed by atoms with E-state index in [9.17, 15) is 34.8 Å². The minimum absolute atomic E-state index is 0.228. The lowest BCUT2D eigenvalue weighted by Gasteiger charge is -2.10. The number of nitrogens with zero attached hydrogens (tertiary/aromatic N) is 2. The van der Waals surface area contributed by atoms with Gasteiger partial charge in [-0.05, 0) is 24.3 Å². The number of alkyl halides is 6. The lowest BCUT2D eigenvalue weighted by molar-refractivity contribution is -0.141. The minimum Gasteiger partial charge on any atom is -0.271 e. The second kappa shape index (κ2) is 6.67. The van der Waals surface area contributed by atoms with Gasteiger partial charge in [-0.1, -0.05) is 6.07 Å². The van der Waals surface area contributed by atoms with Crippen LogP contribution in [-0.4, -0.2) is 24.7 Å². The van der Waals surface area contributed by atoms with Gasteiger partial charge in [0.25, 0.3) is 0 Å². The first-order valence-corrected chi connectivity index (χ1v) is 8.15. The van der Waals surface area contributed by atoms with Crippen molar-refractivity contribution < 1.29 is 34.8 Å². The molecule has 1 N–H and O–H groups in total. The van der Waals surface area contributed by atoms with Gasteiger partial charge in [0.05, 0.1) is 17.0 Å². The number of aromatic nitrogens is 2. The molecule has 138 valence electrons. The average Bonchev–Trinajstić information content (AvgIpc) is 2.95. The highest BCUT2D eigenvalue weighted by atomic mass is 32.2. The first-order valence-electron chi connectivity index (χ1n) is 6.67. The molecule has 0 aliphatic heterocycles. The van der Waals surface area contributed by atoms with Crippen LogP contribution < -0.4 is 4.72 Å². The van der Waals surface area contributed by atoms with Crippen LogP contribution in [0.1, 0.15) is 11.3 Å². The average molecular weight is 387 g/mol. The van der Waals surface area contributed by atoms with Crippen molar-refractivity contribution in [3.63, 3.8) is 0 Å². The molecule has 1 aromatic carbocycles. The van der Waals surface area contributed by atoms with Gasteiger partial charge in [-0.2, -0.15) is 31.4 Å². The maximum atomic E-state index is 12.6. The summed E-state index contributed by atoms with van der Waals surface area (Å²) in [5, 5.41) is 3.23. The Hall–Kier alpha value is -2.08. The third kappa shape index (κ3) is 4.95. The summed E-state index contributed by atoms with van der Waals surface area (Å²) in [6.45, 7) is -0.578. The van der Waals surface area contributed by atoms with Gasteiger partial charge in [-0.25, -0.2) is 13.1 Å². The minimum atomic E-state index is -4.70. The Labute approximate surface area is 138 Å². The van der Waals surface area contributed by atoms with E-state index in [1.54, 1.807) is 0 Å². The molecule has 0 radical (unpaired) electrons. The SMILES string of the molecule is O=S(=O)(NCCn1ccc(C(F)(F)F)n1)c1cccc(C(F)(F)F)c1. The fraction of sp³-hybridized carbons (Fsp3) is 0.308. The van der Waals surface area contributed by atoms with E-state index in [1.165, 1.54) is 0 Å². The summed E-state index contributed by atoms with van der Waals surface area (Å²) in [7, 11) is -4.25. The topological polar surface area (TPSA) is 64.0 Å². The van der Waals surface area contributed by atoms with E-state index in [0.29, 0.717) is 6.07 Å².